The Hall–Kier alpha value is -3.16. The van der Waals surface area contributed by atoms with Gasteiger partial charge in [-0.25, -0.2) is 0 Å². The molecule has 0 aliphatic heterocycles. The molecule has 2 heterocycles. The first-order valence-electron chi connectivity index (χ1n) is 7.34. The van der Waals surface area contributed by atoms with Gasteiger partial charge in [-0.2, -0.15) is 4.73 Å². The van der Waals surface area contributed by atoms with Crippen LogP contribution in [0.4, 0.5) is 0 Å². The minimum atomic E-state index is -0.387. The summed E-state index contributed by atoms with van der Waals surface area (Å²) in [5, 5.41) is 25.7. The minimum absolute atomic E-state index is 0.0375. The van der Waals surface area contributed by atoms with Crippen LogP contribution in [0.2, 0.25) is 0 Å². The second-order valence-electron chi connectivity index (χ2n) is 5.32. The number of nitrogens with one attached hydrogen (secondary N) is 2. The maximum atomic E-state index is 11.9. The van der Waals surface area contributed by atoms with E-state index in [4.69, 9.17) is 5.11 Å². The van der Waals surface area contributed by atoms with Gasteiger partial charge in [0.05, 0.1) is 12.6 Å². The van der Waals surface area contributed by atoms with Gasteiger partial charge in [-0.3, -0.25) is 14.6 Å². The second kappa shape index (κ2) is 7.91. The van der Waals surface area contributed by atoms with E-state index in [0.29, 0.717) is 10.4 Å². The normalized spacial score (nSPS) is 11.5. The van der Waals surface area contributed by atoms with Crippen molar-refractivity contribution in [2.24, 2.45) is 0 Å². The summed E-state index contributed by atoms with van der Waals surface area (Å²) in [4.78, 5) is 27.7. The largest absolute Gasteiger partial charge is 0.619 e. The topological polar surface area (TPSA) is 118 Å². The van der Waals surface area contributed by atoms with Crippen LogP contribution in [-0.2, 0) is 11.2 Å². The molecule has 8 heteroatoms. The molecule has 2 amide bonds. The molecule has 2 aromatic rings. The van der Waals surface area contributed by atoms with Gasteiger partial charge in [0, 0.05) is 24.3 Å². The predicted octanol–water partition coefficient (Wildman–Crippen LogP) is -0.102. The molecule has 0 spiro atoms. The zero-order chi connectivity index (χ0) is 17.5. The van der Waals surface area contributed by atoms with Crippen molar-refractivity contribution < 1.29 is 19.4 Å². The van der Waals surface area contributed by atoms with Gasteiger partial charge < -0.3 is 20.9 Å². The van der Waals surface area contributed by atoms with Crippen molar-refractivity contribution in [2.75, 3.05) is 6.54 Å². The molecule has 0 unspecified atom stereocenters. The van der Waals surface area contributed by atoms with Crippen LogP contribution in [0.3, 0.4) is 0 Å². The highest BCUT2D eigenvalue weighted by atomic mass is 16.5. The van der Waals surface area contributed by atoms with E-state index in [9.17, 15) is 14.8 Å². The Bertz CT molecular complexity index is 718. The first-order chi connectivity index (χ1) is 11.4. The highest BCUT2D eigenvalue weighted by Crippen LogP contribution is 2.06. The Morgan fingerprint density at radius 2 is 2.17 bits per heavy atom. The van der Waals surface area contributed by atoms with Crippen LogP contribution < -0.4 is 15.4 Å². The Balaban J connectivity index is 1.78. The third-order valence-corrected chi connectivity index (χ3v) is 3.16. The average molecular weight is 330 g/mol. The van der Waals surface area contributed by atoms with Gasteiger partial charge in [-0.05, 0) is 25.1 Å². The molecule has 0 radical (unpaired) electrons. The van der Waals surface area contributed by atoms with Crippen molar-refractivity contribution >= 4 is 11.8 Å². The van der Waals surface area contributed by atoms with Crippen molar-refractivity contribution in [1.29, 1.82) is 0 Å². The molecule has 2 rings (SSSR count). The third kappa shape index (κ3) is 5.24. The Morgan fingerprint density at radius 1 is 1.38 bits per heavy atom. The van der Waals surface area contributed by atoms with Crippen LogP contribution in [0.15, 0.2) is 42.9 Å². The van der Waals surface area contributed by atoms with Crippen molar-refractivity contribution in [3.05, 3.63) is 59.3 Å². The fourth-order valence-electron chi connectivity index (χ4n) is 2.00. The standard InChI is InChI=1S/C16H18N4O4/c1-11(8-18-16(23)12-3-2-6-20(24)10-12)19-15(22)7-13-4-5-14(21)9-17-13/h2-6,9-11,21H,7-8H2,1H3,(H,18,23)(H,19,22)/t11-/m0/s1. The molecular weight excluding hydrogens is 312 g/mol. The number of pyridine rings is 2. The van der Waals surface area contributed by atoms with Crippen LogP contribution >= 0.6 is 0 Å². The van der Waals surface area contributed by atoms with E-state index < -0.39 is 0 Å². The molecule has 126 valence electrons. The number of aromatic hydroxyl groups is 1. The Morgan fingerprint density at radius 3 is 2.83 bits per heavy atom. The van der Waals surface area contributed by atoms with E-state index in [0.717, 1.165) is 0 Å². The smallest absolute Gasteiger partial charge is 0.257 e. The van der Waals surface area contributed by atoms with Crippen LogP contribution in [0, 0.1) is 5.21 Å². The van der Waals surface area contributed by atoms with E-state index in [2.05, 4.69) is 15.6 Å². The van der Waals surface area contributed by atoms with Crippen molar-refractivity contribution in [3.63, 3.8) is 0 Å². The van der Waals surface area contributed by atoms with Gasteiger partial charge >= 0.3 is 0 Å². The number of hydrogen-bond acceptors (Lipinski definition) is 5. The lowest BCUT2D eigenvalue weighted by molar-refractivity contribution is -0.605. The van der Waals surface area contributed by atoms with Crippen molar-refractivity contribution in [3.8, 4) is 5.75 Å². The van der Waals surface area contributed by atoms with Gasteiger partial charge in [-0.15, -0.1) is 0 Å². The molecule has 24 heavy (non-hydrogen) atoms. The van der Waals surface area contributed by atoms with Gasteiger partial charge in [0.2, 0.25) is 5.91 Å². The van der Waals surface area contributed by atoms with E-state index in [-0.39, 0.29) is 42.1 Å². The minimum Gasteiger partial charge on any atom is -0.619 e. The zero-order valence-corrected chi connectivity index (χ0v) is 13.1. The van der Waals surface area contributed by atoms with E-state index in [1.165, 1.54) is 36.8 Å². The highest BCUT2D eigenvalue weighted by molar-refractivity contribution is 5.93. The van der Waals surface area contributed by atoms with Crippen molar-refractivity contribution in [2.45, 2.75) is 19.4 Å². The van der Waals surface area contributed by atoms with Gasteiger partial charge in [-0.1, -0.05) is 0 Å². The summed E-state index contributed by atoms with van der Waals surface area (Å²) >= 11 is 0. The molecule has 0 saturated heterocycles. The fraction of sp³-hybridized carbons (Fsp3) is 0.250. The monoisotopic (exact) mass is 330 g/mol. The maximum absolute atomic E-state index is 11.9. The molecule has 0 aliphatic carbocycles. The molecule has 0 aromatic carbocycles. The highest BCUT2D eigenvalue weighted by Gasteiger charge is 2.12. The van der Waals surface area contributed by atoms with E-state index >= 15 is 0 Å². The number of nitrogens with zero attached hydrogens (tertiary/aromatic N) is 2. The van der Waals surface area contributed by atoms with E-state index in [1.807, 2.05) is 0 Å². The summed E-state index contributed by atoms with van der Waals surface area (Å²) < 4.78 is 0.546. The average Bonchev–Trinajstić information content (AvgIpc) is 2.54. The zero-order valence-electron chi connectivity index (χ0n) is 13.1. The van der Waals surface area contributed by atoms with Crippen LogP contribution in [0.25, 0.3) is 0 Å². The molecule has 0 saturated carbocycles. The summed E-state index contributed by atoms with van der Waals surface area (Å²) in [6.07, 6.45) is 3.81. The van der Waals surface area contributed by atoms with E-state index in [1.54, 1.807) is 13.0 Å². The lowest BCUT2D eigenvalue weighted by Crippen LogP contribution is -2.42. The number of hydrogen-bond donors (Lipinski definition) is 3. The first kappa shape index (κ1) is 17.2. The van der Waals surface area contributed by atoms with Gasteiger partial charge in [0.15, 0.2) is 12.4 Å². The Kier molecular flexibility index (Phi) is 5.67. The molecule has 0 fully saturated rings. The van der Waals surface area contributed by atoms with Crippen LogP contribution in [-0.4, -0.2) is 34.5 Å². The molecule has 0 bridgehead atoms. The third-order valence-electron chi connectivity index (χ3n) is 3.16. The number of aromatic nitrogens is 2. The van der Waals surface area contributed by atoms with Crippen LogP contribution in [0.1, 0.15) is 23.0 Å². The molecule has 2 aromatic heterocycles. The number of carbonyl (C=O) groups excluding carboxylic acids is 2. The molecule has 1 atom stereocenters. The fourth-order valence-corrected chi connectivity index (χ4v) is 2.00. The molecule has 3 N–H and O–H groups in total. The predicted molar refractivity (Wildman–Crippen MR) is 84.9 cm³/mol. The van der Waals surface area contributed by atoms with Gasteiger partial charge in [0.25, 0.3) is 5.91 Å². The Labute approximate surface area is 138 Å². The molecule has 0 aliphatic rings. The summed E-state index contributed by atoms with van der Waals surface area (Å²) in [6.45, 7) is 1.97. The summed E-state index contributed by atoms with van der Waals surface area (Å²) in [5.74, 6) is -0.593. The first-order valence-corrected chi connectivity index (χ1v) is 7.34. The summed E-state index contributed by atoms with van der Waals surface area (Å²) in [5.41, 5.74) is 0.783. The maximum Gasteiger partial charge on any atom is 0.257 e. The quantitative estimate of drug-likeness (QED) is 0.505. The number of rotatable bonds is 6. The van der Waals surface area contributed by atoms with Crippen molar-refractivity contribution in [1.82, 2.24) is 15.6 Å². The lowest BCUT2D eigenvalue weighted by atomic mass is 10.2. The molecular formula is C16H18N4O4. The lowest BCUT2D eigenvalue weighted by Gasteiger charge is -2.14. The second-order valence-corrected chi connectivity index (χ2v) is 5.32. The molecule has 8 nitrogen and oxygen atoms in total. The summed E-state index contributed by atoms with van der Waals surface area (Å²) in [6, 6.07) is 5.75. The summed E-state index contributed by atoms with van der Waals surface area (Å²) in [7, 11) is 0. The number of carbonyl (C=O) groups is 2. The van der Waals surface area contributed by atoms with Crippen LogP contribution in [0.5, 0.6) is 5.75 Å². The van der Waals surface area contributed by atoms with Gasteiger partial charge in [0.1, 0.15) is 11.3 Å². The number of amides is 2. The SMILES string of the molecule is C[C@@H](CNC(=O)c1ccc[n+]([O-])c1)NC(=O)Cc1ccc(O)cn1.